The third-order valence-corrected chi connectivity index (χ3v) is 4.86. The van der Waals surface area contributed by atoms with E-state index < -0.39 is 11.0 Å². The number of fused-ring (bicyclic) bond motifs is 1. The molecule has 0 saturated heterocycles. The van der Waals surface area contributed by atoms with Crippen molar-refractivity contribution in [3.8, 4) is 17.2 Å². The molecular weight excluding hydrogens is 386 g/mol. The summed E-state index contributed by atoms with van der Waals surface area (Å²) in [4.78, 5) is 24.2. The molecule has 1 N–H and O–H groups in total. The lowest BCUT2D eigenvalue weighted by Crippen LogP contribution is -2.23. The van der Waals surface area contributed by atoms with E-state index in [4.69, 9.17) is 9.47 Å². The first kappa shape index (κ1) is 19.2. The molecule has 3 aromatic rings. The molecule has 0 bridgehead atoms. The fourth-order valence-electron chi connectivity index (χ4n) is 3.37. The predicted molar refractivity (Wildman–Crippen MR) is 110 cm³/mol. The third kappa shape index (κ3) is 3.48. The SMILES string of the molecule is COc1ccc(C2Oc3ccc(O)cc3C(=O)C2=Cc2ccccc2[N+](=O)[O-])cc1. The molecule has 3 aromatic carbocycles. The average Bonchev–Trinajstić information content (AvgIpc) is 2.76. The number of carbonyl (C=O) groups is 1. The molecule has 1 aliphatic heterocycles. The van der Waals surface area contributed by atoms with E-state index in [0.717, 1.165) is 0 Å². The number of methoxy groups -OCH3 is 1. The van der Waals surface area contributed by atoms with Crippen molar-refractivity contribution in [2.24, 2.45) is 0 Å². The third-order valence-electron chi connectivity index (χ3n) is 4.86. The maximum atomic E-state index is 13.3. The lowest BCUT2D eigenvalue weighted by molar-refractivity contribution is -0.385. The lowest BCUT2D eigenvalue weighted by atomic mass is 9.89. The lowest BCUT2D eigenvalue weighted by Gasteiger charge is -2.28. The summed E-state index contributed by atoms with van der Waals surface area (Å²) in [5.41, 5.74) is 1.29. The number of rotatable bonds is 4. The molecular formula is C23H17NO6. The molecule has 0 aliphatic carbocycles. The summed E-state index contributed by atoms with van der Waals surface area (Å²) in [5.74, 6) is 0.540. The van der Waals surface area contributed by atoms with E-state index >= 15 is 0 Å². The van der Waals surface area contributed by atoms with Crippen LogP contribution in [0.5, 0.6) is 17.2 Å². The summed E-state index contributed by atoms with van der Waals surface area (Å²) < 4.78 is 11.3. The van der Waals surface area contributed by atoms with Crippen molar-refractivity contribution in [1.29, 1.82) is 0 Å². The van der Waals surface area contributed by atoms with Crippen molar-refractivity contribution in [3.63, 3.8) is 0 Å². The Bertz CT molecular complexity index is 1170. The van der Waals surface area contributed by atoms with Crippen LogP contribution in [0.2, 0.25) is 0 Å². The van der Waals surface area contributed by atoms with E-state index in [9.17, 15) is 20.0 Å². The van der Waals surface area contributed by atoms with Crippen LogP contribution in [0, 0.1) is 10.1 Å². The maximum Gasteiger partial charge on any atom is 0.276 e. The minimum absolute atomic E-state index is 0.0707. The van der Waals surface area contributed by atoms with Gasteiger partial charge in [-0.3, -0.25) is 14.9 Å². The highest BCUT2D eigenvalue weighted by molar-refractivity contribution is 6.15. The van der Waals surface area contributed by atoms with Crippen LogP contribution in [0.3, 0.4) is 0 Å². The number of aromatic hydroxyl groups is 1. The number of phenols is 1. The van der Waals surface area contributed by atoms with Crippen molar-refractivity contribution in [1.82, 2.24) is 0 Å². The maximum absolute atomic E-state index is 13.3. The monoisotopic (exact) mass is 403 g/mol. The number of Topliss-reactive ketones (excluding diaryl/α,β-unsaturated/α-hetero) is 1. The number of hydrogen-bond acceptors (Lipinski definition) is 6. The molecule has 1 heterocycles. The minimum Gasteiger partial charge on any atom is -0.508 e. The molecule has 7 heteroatoms. The number of nitro groups is 1. The second-order valence-corrected chi connectivity index (χ2v) is 6.70. The fourth-order valence-corrected chi connectivity index (χ4v) is 3.37. The zero-order valence-electron chi connectivity index (χ0n) is 15.9. The zero-order valence-corrected chi connectivity index (χ0v) is 15.9. The number of nitrogens with zero attached hydrogens (tertiary/aromatic N) is 1. The molecule has 0 spiro atoms. The van der Waals surface area contributed by atoms with E-state index in [1.807, 2.05) is 0 Å². The van der Waals surface area contributed by atoms with Crippen molar-refractivity contribution < 1.29 is 24.3 Å². The highest BCUT2D eigenvalue weighted by Crippen LogP contribution is 2.41. The predicted octanol–water partition coefficient (Wildman–Crippen LogP) is 4.71. The van der Waals surface area contributed by atoms with Gasteiger partial charge in [0, 0.05) is 11.6 Å². The number of carbonyl (C=O) groups excluding carboxylic acids is 1. The topological polar surface area (TPSA) is 98.9 Å². The van der Waals surface area contributed by atoms with Gasteiger partial charge in [0.2, 0.25) is 0 Å². The molecule has 30 heavy (non-hydrogen) atoms. The van der Waals surface area contributed by atoms with Crippen LogP contribution in [0.25, 0.3) is 6.08 Å². The Morgan fingerprint density at radius 3 is 2.53 bits per heavy atom. The van der Waals surface area contributed by atoms with Crippen LogP contribution < -0.4 is 9.47 Å². The van der Waals surface area contributed by atoms with Gasteiger partial charge in [-0.2, -0.15) is 0 Å². The number of phenolic OH excluding ortho intramolecular Hbond substituents is 1. The Morgan fingerprint density at radius 2 is 1.83 bits per heavy atom. The largest absolute Gasteiger partial charge is 0.508 e. The first-order chi connectivity index (χ1) is 14.5. The van der Waals surface area contributed by atoms with Gasteiger partial charge in [-0.05, 0) is 48.0 Å². The average molecular weight is 403 g/mol. The molecule has 0 fully saturated rings. The fraction of sp³-hybridized carbons (Fsp3) is 0.0870. The van der Waals surface area contributed by atoms with Crippen LogP contribution in [0.4, 0.5) is 5.69 Å². The van der Waals surface area contributed by atoms with E-state index in [1.54, 1.807) is 49.6 Å². The molecule has 1 unspecified atom stereocenters. The van der Waals surface area contributed by atoms with E-state index in [2.05, 4.69) is 0 Å². The van der Waals surface area contributed by atoms with Gasteiger partial charge in [-0.15, -0.1) is 0 Å². The number of hydrogen-bond donors (Lipinski definition) is 1. The standard InChI is InChI=1S/C23H17NO6/c1-29-17-9-6-14(7-10-17)23-19(12-15-4-2-3-5-20(15)24(27)28)22(26)18-13-16(25)8-11-21(18)30-23/h2-13,23,25H,1H3. The van der Waals surface area contributed by atoms with Gasteiger partial charge in [0.1, 0.15) is 17.2 Å². The summed E-state index contributed by atoms with van der Waals surface area (Å²) in [6, 6.07) is 17.5. The van der Waals surface area contributed by atoms with Gasteiger partial charge in [0.25, 0.3) is 5.69 Å². The highest BCUT2D eigenvalue weighted by Gasteiger charge is 2.34. The molecule has 0 aromatic heterocycles. The first-order valence-electron chi connectivity index (χ1n) is 9.11. The first-order valence-corrected chi connectivity index (χ1v) is 9.11. The smallest absolute Gasteiger partial charge is 0.276 e. The second kappa shape index (κ2) is 7.71. The van der Waals surface area contributed by atoms with Crippen molar-refractivity contribution >= 4 is 17.5 Å². The van der Waals surface area contributed by atoms with Crippen LogP contribution in [-0.4, -0.2) is 22.9 Å². The zero-order chi connectivity index (χ0) is 21.3. The minimum atomic E-state index is -0.778. The molecule has 0 amide bonds. The van der Waals surface area contributed by atoms with Crippen LogP contribution in [-0.2, 0) is 0 Å². The van der Waals surface area contributed by atoms with Gasteiger partial charge in [0.05, 0.1) is 23.2 Å². The molecule has 150 valence electrons. The Kier molecular flexibility index (Phi) is 4.93. The van der Waals surface area contributed by atoms with Gasteiger partial charge in [0.15, 0.2) is 11.9 Å². The summed E-state index contributed by atoms with van der Waals surface area (Å²) in [6.07, 6.45) is 0.697. The van der Waals surface area contributed by atoms with Crippen molar-refractivity contribution in [2.45, 2.75) is 6.10 Å². The van der Waals surface area contributed by atoms with E-state index in [-0.39, 0.29) is 33.9 Å². The van der Waals surface area contributed by atoms with Crippen LogP contribution in [0.15, 0.2) is 72.3 Å². The Balaban J connectivity index is 1.89. The van der Waals surface area contributed by atoms with Crippen molar-refractivity contribution in [2.75, 3.05) is 7.11 Å². The Labute approximate surface area is 172 Å². The van der Waals surface area contributed by atoms with Gasteiger partial charge >= 0.3 is 0 Å². The summed E-state index contributed by atoms with van der Waals surface area (Å²) >= 11 is 0. The molecule has 1 aliphatic rings. The van der Waals surface area contributed by atoms with Gasteiger partial charge < -0.3 is 14.6 Å². The number of ether oxygens (including phenoxy) is 2. The van der Waals surface area contributed by atoms with Gasteiger partial charge in [-0.25, -0.2) is 0 Å². The number of nitro benzene ring substituents is 1. The normalized spacial score (nSPS) is 16.6. The van der Waals surface area contributed by atoms with Crippen LogP contribution >= 0.6 is 0 Å². The Hall–Kier alpha value is -4.13. The Morgan fingerprint density at radius 1 is 1.10 bits per heavy atom. The molecule has 7 nitrogen and oxygen atoms in total. The quantitative estimate of drug-likeness (QED) is 0.385. The second-order valence-electron chi connectivity index (χ2n) is 6.70. The summed E-state index contributed by atoms with van der Waals surface area (Å²) in [6.45, 7) is 0. The number of para-hydroxylation sites is 1. The molecule has 1 atom stereocenters. The van der Waals surface area contributed by atoms with Crippen molar-refractivity contribution in [3.05, 3.63) is 99.1 Å². The summed E-state index contributed by atoms with van der Waals surface area (Å²) in [7, 11) is 1.55. The number of ketones is 1. The highest BCUT2D eigenvalue weighted by atomic mass is 16.6. The van der Waals surface area contributed by atoms with E-state index in [1.165, 1.54) is 30.3 Å². The van der Waals surface area contributed by atoms with Crippen LogP contribution in [0.1, 0.15) is 27.6 Å². The molecule has 0 saturated carbocycles. The number of benzene rings is 3. The molecule has 4 rings (SSSR count). The van der Waals surface area contributed by atoms with Gasteiger partial charge in [-0.1, -0.05) is 24.3 Å². The molecule has 0 radical (unpaired) electrons. The van der Waals surface area contributed by atoms with E-state index in [0.29, 0.717) is 17.1 Å². The summed E-state index contributed by atoms with van der Waals surface area (Å²) in [5, 5.41) is 21.2.